The van der Waals surface area contributed by atoms with Gasteiger partial charge in [-0.3, -0.25) is 0 Å². The summed E-state index contributed by atoms with van der Waals surface area (Å²) >= 11 is -3.26. The average molecular weight is 241 g/mol. The summed E-state index contributed by atoms with van der Waals surface area (Å²) in [5, 5.41) is 0. The van der Waals surface area contributed by atoms with Crippen molar-refractivity contribution in [1.82, 2.24) is 0 Å². The fourth-order valence-electron chi connectivity index (χ4n) is 0. The zero-order chi connectivity index (χ0) is 4.50. The predicted octanol–water partition coefficient (Wildman–Crippen LogP) is 1.10. The Morgan fingerprint density at radius 2 is 1.20 bits per heavy atom. The minimum atomic E-state index is -3.26. The van der Waals surface area contributed by atoms with Crippen molar-refractivity contribution in [1.29, 1.82) is 0 Å². The van der Waals surface area contributed by atoms with Gasteiger partial charge in [0.1, 0.15) is 0 Å². The molecule has 1 nitrogen and oxygen atoms in total. The van der Waals surface area contributed by atoms with Gasteiger partial charge in [0, 0.05) is 0 Å². The van der Waals surface area contributed by atoms with E-state index in [4.69, 9.17) is 30.7 Å². The summed E-state index contributed by atoms with van der Waals surface area (Å²) < 4.78 is 4.86. The Bertz CT molecular complexity index is 22.4. The number of nitrogens with two attached hydrogens (primary N) is 1. The van der Waals surface area contributed by atoms with E-state index >= 15 is 0 Å². The first-order valence-electron chi connectivity index (χ1n) is 0.856. The second-order valence-electron chi connectivity index (χ2n) is 0.542. The monoisotopic (exact) mass is 241 g/mol. The summed E-state index contributed by atoms with van der Waals surface area (Å²) in [7, 11) is 15.1. The Kier molecular flexibility index (Phi) is 2.75. The van der Waals surface area contributed by atoms with Crippen LogP contribution >= 0.6 is 26.8 Å². The molecule has 0 spiro atoms. The van der Waals surface area contributed by atoms with Gasteiger partial charge in [-0.15, -0.1) is 0 Å². The normalized spacial score (nSPS) is 12.0. The van der Waals surface area contributed by atoms with Crippen molar-refractivity contribution in [3.05, 3.63) is 0 Å². The predicted molar refractivity (Wildman–Crippen MR) is 27.5 cm³/mol. The van der Waals surface area contributed by atoms with Crippen molar-refractivity contribution in [3.8, 4) is 0 Å². The maximum atomic E-state index is 5.05. The van der Waals surface area contributed by atoms with Gasteiger partial charge in [0.15, 0.2) is 0 Å². The van der Waals surface area contributed by atoms with Crippen LogP contribution in [0, 0.1) is 0 Å². The van der Waals surface area contributed by atoms with Gasteiger partial charge in [0.2, 0.25) is 0 Å². The van der Waals surface area contributed by atoms with E-state index in [1.165, 1.54) is 0 Å². The van der Waals surface area contributed by atoms with Crippen molar-refractivity contribution in [2.45, 2.75) is 0 Å². The second kappa shape index (κ2) is 2.07. The van der Waals surface area contributed by atoms with E-state index in [0.717, 1.165) is 0 Å². The summed E-state index contributed by atoms with van der Waals surface area (Å²) in [4.78, 5) is 0. The first kappa shape index (κ1) is 6.63. The van der Waals surface area contributed by atoms with E-state index in [1.807, 2.05) is 0 Å². The van der Waals surface area contributed by atoms with Crippen molar-refractivity contribution >= 4 is 42.0 Å². The zero-order valence-corrected chi connectivity index (χ0v) is 7.33. The fourth-order valence-corrected chi connectivity index (χ4v) is 0. The molecule has 32 valence electrons. The number of hydrogen-bond donors (Lipinski definition) is 1. The van der Waals surface area contributed by atoms with Gasteiger partial charge < -0.3 is 0 Å². The molecule has 0 bridgehead atoms. The summed E-state index contributed by atoms with van der Waals surface area (Å²) in [6, 6.07) is 0. The molecule has 0 aliphatic heterocycles. The van der Waals surface area contributed by atoms with Crippen LogP contribution in [0.25, 0.3) is 0 Å². The molecule has 0 aromatic rings. The quantitative estimate of drug-likeness (QED) is 0.631. The van der Waals surface area contributed by atoms with E-state index in [-0.39, 0.29) is 0 Å². The first-order valence-corrected chi connectivity index (χ1v) is 13.3. The number of halogens is 3. The second-order valence-corrected chi connectivity index (χ2v) is 19.5. The summed E-state index contributed by atoms with van der Waals surface area (Å²) in [5.41, 5.74) is 0. The summed E-state index contributed by atoms with van der Waals surface area (Å²) in [5.74, 6) is 0. The standard InChI is InChI=1S/3ClH.H2N.Sn/h3*1H;1H2;/q;;;-1;+4/p-3. The third-order valence-electron chi connectivity index (χ3n) is 0. The molecule has 5 heteroatoms. The molecule has 0 aliphatic rings. The van der Waals surface area contributed by atoms with Crippen LogP contribution in [0.15, 0.2) is 0 Å². The zero-order valence-electron chi connectivity index (χ0n) is 2.21. The van der Waals surface area contributed by atoms with Gasteiger partial charge >= 0.3 is 46.0 Å². The molecule has 0 amide bonds. The maximum absolute atomic E-state index is 5.05. The average Bonchev–Trinajstić information content (AvgIpc) is 0.722. The van der Waals surface area contributed by atoms with Gasteiger partial charge in [0.25, 0.3) is 0 Å². The van der Waals surface area contributed by atoms with Crippen molar-refractivity contribution in [2.75, 3.05) is 0 Å². The van der Waals surface area contributed by atoms with E-state index in [0.29, 0.717) is 0 Å². The molecular formula is H2Cl3NSn. The fraction of sp³-hybridized carbons (Fsp3) is 0. The van der Waals surface area contributed by atoms with Gasteiger partial charge in [-0.05, 0) is 0 Å². The summed E-state index contributed by atoms with van der Waals surface area (Å²) in [6.45, 7) is 0. The van der Waals surface area contributed by atoms with E-state index in [1.54, 1.807) is 0 Å². The van der Waals surface area contributed by atoms with Gasteiger partial charge in [0.05, 0.1) is 0 Å². The van der Waals surface area contributed by atoms with Gasteiger partial charge in [-0.1, -0.05) is 0 Å². The van der Waals surface area contributed by atoms with Crippen molar-refractivity contribution in [3.63, 3.8) is 0 Å². The molecule has 5 heavy (non-hydrogen) atoms. The van der Waals surface area contributed by atoms with Crippen LogP contribution in [0.5, 0.6) is 0 Å². The third kappa shape index (κ3) is 27.9. The van der Waals surface area contributed by atoms with Crippen LogP contribution in [0.1, 0.15) is 0 Å². The molecule has 0 aliphatic carbocycles. The summed E-state index contributed by atoms with van der Waals surface area (Å²) in [6.07, 6.45) is 0. The molecule has 0 radical (unpaired) electrons. The van der Waals surface area contributed by atoms with Crippen LogP contribution in [0.4, 0.5) is 0 Å². The van der Waals surface area contributed by atoms with Crippen molar-refractivity contribution < 1.29 is 0 Å². The molecule has 0 fully saturated rings. The SMILES string of the molecule is [NH2][Sn]([Cl])([Cl])[Cl]. The van der Waals surface area contributed by atoms with Crippen LogP contribution in [0.3, 0.4) is 0 Å². The van der Waals surface area contributed by atoms with Crippen LogP contribution in [0.2, 0.25) is 0 Å². The van der Waals surface area contributed by atoms with Crippen LogP contribution in [-0.2, 0) is 0 Å². The molecule has 0 aromatic carbocycles. The van der Waals surface area contributed by atoms with Gasteiger partial charge in [-0.2, -0.15) is 0 Å². The van der Waals surface area contributed by atoms with Gasteiger partial charge in [-0.25, -0.2) is 0 Å². The first-order chi connectivity index (χ1) is 2.00. The molecule has 0 saturated heterocycles. The Labute approximate surface area is 45.8 Å². The van der Waals surface area contributed by atoms with Crippen LogP contribution in [-0.4, -0.2) is 15.3 Å². The van der Waals surface area contributed by atoms with E-state index in [2.05, 4.69) is 0 Å². The Morgan fingerprint density at radius 3 is 1.20 bits per heavy atom. The molecule has 0 heterocycles. The van der Waals surface area contributed by atoms with E-state index < -0.39 is 15.3 Å². The molecule has 0 atom stereocenters. The molecule has 0 saturated carbocycles. The van der Waals surface area contributed by atoms with Crippen LogP contribution < -0.4 is 3.96 Å². The number of rotatable bonds is 0. The molecule has 0 aromatic heterocycles. The minimum absolute atomic E-state index is 3.26. The topological polar surface area (TPSA) is 26.0 Å². The Balaban J connectivity index is 3.02. The molecule has 2 N–H and O–H groups in total. The Hall–Kier alpha value is 1.63. The molecular weight excluding hydrogens is 239 g/mol. The van der Waals surface area contributed by atoms with Crippen molar-refractivity contribution in [2.24, 2.45) is 3.96 Å². The van der Waals surface area contributed by atoms with E-state index in [9.17, 15) is 0 Å². The third-order valence-corrected chi connectivity index (χ3v) is 0. The Morgan fingerprint density at radius 1 is 1.20 bits per heavy atom. The molecule has 0 rings (SSSR count). The number of hydrogen-bond acceptors (Lipinski definition) is 1. The molecule has 0 unspecified atom stereocenters.